The Morgan fingerprint density at radius 3 is 2.61 bits per heavy atom. The van der Waals surface area contributed by atoms with Crippen LogP contribution in [0.1, 0.15) is 35.7 Å². The zero-order valence-corrected chi connectivity index (χ0v) is 11.6. The second-order valence-electron chi connectivity index (χ2n) is 4.35. The molecule has 0 aliphatic carbocycles. The molecule has 0 amide bonds. The van der Waals surface area contributed by atoms with Crippen molar-refractivity contribution < 1.29 is 13.2 Å². The number of anilines is 1. The Morgan fingerprint density at radius 1 is 1.33 bits per heavy atom. The largest absolute Gasteiger partial charge is 0.398 e. The summed E-state index contributed by atoms with van der Waals surface area (Å²) in [5.74, 6) is 0.0804. The maximum atomic E-state index is 11.9. The second kappa shape index (κ2) is 6.00. The van der Waals surface area contributed by atoms with Crippen molar-refractivity contribution in [3.63, 3.8) is 0 Å². The van der Waals surface area contributed by atoms with E-state index < -0.39 is 9.84 Å². The molecular formula is C13H19NO3S. The van der Waals surface area contributed by atoms with E-state index in [2.05, 4.69) is 0 Å². The molecule has 18 heavy (non-hydrogen) atoms. The van der Waals surface area contributed by atoms with Gasteiger partial charge in [0.25, 0.3) is 0 Å². The number of nitrogen functional groups attached to an aromatic ring is 1. The Hall–Kier alpha value is -1.36. The van der Waals surface area contributed by atoms with Crippen molar-refractivity contribution in [1.82, 2.24) is 0 Å². The number of aryl methyl sites for hydroxylation is 1. The third-order valence-electron chi connectivity index (χ3n) is 2.81. The number of Topliss-reactive ketones (excluding diaryl/α,β-unsaturated/α-hetero) is 1. The molecule has 0 aliphatic heterocycles. The molecule has 0 unspecified atom stereocenters. The van der Waals surface area contributed by atoms with E-state index in [0.29, 0.717) is 17.7 Å². The number of hydrogen-bond donors (Lipinski definition) is 1. The molecule has 1 aromatic carbocycles. The average molecular weight is 269 g/mol. The van der Waals surface area contributed by atoms with Crippen LogP contribution in [0.4, 0.5) is 5.69 Å². The second-order valence-corrected chi connectivity index (χ2v) is 6.83. The molecule has 100 valence electrons. The van der Waals surface area contributed by atoms with Crippen molar-refractivity contribution >= 4 is 21.3 Å². The first-order valence-electron chi connectivity index (χ1n) is 5.95. The number of carbonyl (C=O) groups excluding carboxylic acids is 1. The fraction of sp³-hybridized carbons (Fsp3) is 0.462. The molecule has 0 saturated heterocycles. The van der Waals surface area contributed by atoms with E-state index in [9.17, 15) is 13.2 Å². The van der Waals surface area contributed by atoms with E-state index in [0.717, 1.165) is 5.56 Å². The number of ketones is 1. The highest BCUT2D eigenvalue weighted by Gasteiger charge is 2.12. The number of sulfone groups is 1. The number of benzene rings is 1. The first-order chi connectivity index (χ1) is 8.35. The first kappa shape index (κ1) is 14.7. The summed E-state index contributed by atoms with van der Waals surface area (Å²) >= 11 is 0. The fourth-order valence-electron chi connectivity index (χ4n) is 1.64. The van der Waals surface area contributed by atoms with Gasteiger partial charge in [0.15, 0.2) is 5.78 Å². The molecule has 0 atom stereocenters. The number of nitrogens with two attached hydrogens (primary N) is 1. The van der Waals surface area contributed by atoms with Gasteiger partial charge in [-0.25, -0.2) is 8.42 Å². The van der Waals surface area contributed by atoms with Crippen LogP contribution in [0.25, 0.3) is 0 Å². The van der Waals surface area contributed by atoms with Gasteiger partial charge in [-0.3, -0.25) is 4.79 Å². The maximum Gasteiger partial charge on any atom is 0.164 e. The topological polar surface area (TPSA) is 77.2 Å². The highest BCUT2D eigenvalue weighted by atomic mass is 32.2. The molecule has 0 saturated carbocycles. The van der Waals surface area contributed by atoms with Crippen molar-refractivity contribution in [1.29, 1.82) is 0 Å². The molecule has 1 rings (SSSR count). The van der Waals surface area contributed by atoms with E-state index in [-0.39, 0.29) is 23.7 Å². The predicted octanol–water partition coefficient (Wildman–Crippen LogP) is 1.97. The number of rotatable bonds is 6. The summed E-state index contributed by atoms with van der Waals surface area (Å²) in [5, 5.41) is 0. The minimum Gasteiger partial charge on any atom is -0.398 e. The van der Waals surface area contributed by atoms with Crippen LogP contribution in [0.2, 0.25) is 0 Å². The van der Waals surface area contributed by atoms with Crippen molar-refractivity contribution in [3.8, 4) is 0 Å². The van der Waals surface area contributed by atoms with Gasteiger partial charge in [-0.15, -0.1) is 0 Å². The summed E-state index contributed by atoms with van der Waals surface area (Å²) in [7, 11) is -3.00. The van der Waals surface area contributed by atoms with Gasteiger partial charge in [-0.1, -0.05) is 18.6 Å². The number of carbonyl (C=O) groups is 1. The van der Waals surface area contributed by atoms with Crippen molar-refractivity contribution in [2.24, 2.45) is 0 Å². The van der Waals surface area contributed by atoms with Crippen LogP contribution in [-0.2, 0) is 9.84 Å². The van der Waals surface area contributed by atoms with Crippen LogP contribution < -0.4 is 5.73 Å². The SMILES string of the molecule is CCS(=O)(=O)CCCC(=O)c1cc(C)ccc1N. The molecule has 0 heterocycles. The highest BCUT2D eigenvalue weighted by molar-refractivity contribution is 7.91. The third-order valence-corrected chi connectivity index (χ3v) is 4.60. The van der Waals surface area contributed by atoms with Crippen LogP contribution >= 0.6 is 0 Å². The third kappa shape index (κ3) is 4.14. The quantitative estimate of drug-likeness (QED) is 0.632. The van der Waals surface area contributed by atoms with Gasteiger partial charge in [-0.2, -0.15) is 0 Å². The van der Waals surface area contributed by atoms with Crippen molar-refractivity contribution in [2.75, 3.05) is 17.2 Å². The standard InChI is InChI=1S/C13H19NO3S/c1-3-18(16,17)8-4-5-13(15)11-9-10(2)6-7-12(11)14/h6-7,9H,3-5,8,14H2,1-2H3. The van der Waals surface area contributed by atoms with Crippen LogP contribution in [0, 0.1) is 6.92 Å². The summed E-state index contributed by atoms with van der Waals surface area (Å²) in [6.45, 7) is 3.49. The summed E-state index contributed by atoms with van der Waals surface area (Å²) in [6.07, 6.45) is 0.565. The Morgan fingerprint density at radius 2 is 2.00 bits per heavy atom. The number of hydrogen-bond acceptors (Lipinski definition) is 4. The van der Waals surface area contributed by atoms with Gasteiger partial charge in [0.2, 0.25) is 0 Å². The molecule has 0 aliphatic rings. The van der Waals surface area contributed by atoms with Crippen LogP contribution in [-0.4, -0.2) is 25.7 Å². The van der Waals surface area contributed by atoms with Crippen molar-refractivity contribution in [2.45, 2.75) is 26.7 Å². The summed E-state index contributed by atoms with van der Waals surface area (Å²) < 4.78 is 22.6. The Balaban J connectivity index is 2.64. The first-order valence-corrected chi connectivity index (χ1v) is 7.77. The summed E-state index contributed by atoms with van der Waals surface area (Å²) in [4.78, 5) is 11.9. The minimum atomic E-state index is -3.00. The lowest BCUT2D eigenvalue weighted by Crippen LogP contribution is -2.11. The zero-order valence-electron chi connectivity index (χ0n) is 10.8. The molecule has 5 heteroatoms. The molecule has 0 radical (unpaired) electrons. The molecule has 0 spiro atoms. The molecule has 0 bridgehead atoms. The van der Waals surface area contributed by atoms with E-state index >= 15 is 0 Å². The predicted molar refractivity (Wildman–Crippen MR) is 73.5 cm³/mol. The van der Waals surface area contributed by atoms with Crippen molar-refractivity contribution in [3.05, 3.63) is 29.3 Å². The van der Waals surface area contributed by atoms with E-state index in [1.807, 2.05) is 13.0 Å². The highest BCUT2D eigenvalue weighted by Crippen LogP contribution is 2.16. The Kier molecular flexibility index (Phi) is 4.90. The van der Waals surface area contributed by atoms with Gasteiger partial charge in [0.05, 0.1) is 5.75 Å². The maximum absolute atomic E-state index is 11.9. The van der Waals surface area contributed by atoms with E-state index in [1.54, 1.807) is 19.1 Å². The van der Waals surface area contributed by atoms with E-state index in [1.165, 1.54) is 0 Å². The van der Waals surface area contributed by atoms with Crippen LogP contribution in [0.15, 0.2) is 18.2 Å². The van der Waals surface area contributed by atoms with Gasteiger partial charge < -0.3 is 5.73 Å². The zero-order chi connectivity index (χ0) is 13.8. The van der Waals surface area contributed by atoms with Gasteiger partial charge in [0.1, 0.15) is 9.84 Å². The Bertz CT molecular complexity index is 535. The molecule has 2 N–H and O–H groups in total. The lowest BCUT2D eigenvalue weighted by molar-refractivity contribution is 0.0983. The van der Waals surface area contributed by atoms with Gasteiger partial charge >= 0.3 is 0 Å². The smallest absolute Gasteiger partial charge is 0.164 e. The average Bonchev–Trinajstić information content (AvgIpc) is 2.32. The fourth-order valence-corrected chi connectivity index (χ4v) is 2.52. The van der Waals surface area contributed by atoms with Crippen LogP contribution in [0.5, 0.6) is 0 Å². The molecule has 0 fully saturated rings. The summed E-state index contributed by atoms with van der Waals surface area (Å²) in [5.41, 5.74) is 7.64. The Labute approximate surface area is 108 Å². The monoisotopic (exact) mass is 269 g/mol. The van der Waals surface area contributed by atoms with Crippen LogP contribution in [0.3, 0.4) is 0 Å². The normalized spacial score (nSPS) is 11.4. The van der Waals surface area contributed by atoms with Gasteiger partial charge in [0, 0.05) is 23.4 Å². The van der Waals surface area contributed by atoms with Gasteiger partial charge in [-0.05, 0) is 25.5 Å². The lowest BCUT2D eigenvalue weighted by Gasteiger charge is -2.06. The minimum absolute atomic E-state index is 0.0565. The molecule has 1 aromatic rings. The van der Waals surface area contributed by atoms with E-state index in [4.69, 9.17) is 5.73 Å². The molecular weight excluding hydrogens is 250 g/mol. The lowest BCUT2D eigenvalue weighted by atomic mass is 10.0. The molecule has 4 nitrogen and oxygen atoms in total. The summed E-state index contributed by atoms with van der Waals surface area (Å²) in [6, 6.07) is 5.28. The molecule has 0 aromatic heterocycles.